The van der Waals surface area contributed by atoms with Crippen LogP contribution in [0.15, 0.2) is 36.7 Å². The zero-order valence-electron chi connectivity index (χ0n) is 45.4. The molecule has 3 aromatic rings. The van der Waals surface area contributed by atoms with Crippen molar-refractivity contribution in [3.05, 3.63) is 47.9 Å². The molecule has 0 bridgehead atoms. The van der Waals surface area contributed by atoms with E-state index in [1.165, 1.54) is 11.1 Å². The topological polar surface area (TPSA) is 402 Å². The average molecular weight is 1130 g/mol. The van der Waals surface area contributed by atoms with Crippen molar-refractivity contribution in [1.29, 1.82) is 5.26 Å². The minimum Gasteiger partial charge on any atom is -0.494 e. The number of aryl methyl sites for hydroxylation is 2. The summed E-state index contributed by atoms with van der Waals surface area (Å²) in [6.45, 7) is 1.54. The molecule has 2 aliphatic rings. The van der Waals surface area contributed by atoms with Gasteiger partial charge in [0, 0.05) is 122 Å². The molecular formula is C52H75N15O14. The highest BCUT2D eigenvalue weighted by Gasteiger charge is 2.30. The molecule has 0 aliphatic carbocycles. The first-order valence-corrected chi connectivity index (χ1v) is 27.1. The standard InChI is InChI=1S/C52H75N15O14/c53-30-37-5-3-19-67(37)46(70)31-59-50(77)39-13-15-55-42-9-8-38(29-40(39)42)81-28-4-14-56-44(68)11-7-36-32-66(61-60-36)18-2-1-6-41(54)51(78)58-17-16-57-45(69)12-10-43(52(79)80)65-26-24-63(34-48(73)74)22-20-62(33-47(71)72)21-23-64(25-27-65)35-49(75)76/h8-9,13,15,29,32,37,41,43H,1-7,10-12,14,16-28,31,33-35,54H2,(H,56,68)(H,57,69)(H,58,78)(H,59,77)(H,71,72)(H,73,74)(H,75,76)(H,79,80)/t37-,41?,43?/m0/s1. The Labute approximate surface area is 468 Å². The third kappa shape index (κ3) is 22.6. The molecule has 0 radical (unpaired) electrons. The molecular weight excluding hydrogens is 1060 g/mol. The highest BCUT2D eigenvalue weighted by atomic mass is 16.5. The number of aromatic nitrogens is 4. The molecule has 442 valence electrons. The van der Waals surface area contributed by atoms with Gasteiger partial charge in [0.1, 0.15) is 17.8 Å². The van der Waals surface area contributed by atoms with E-state index >= 15 is 0 Å². The van der Waals surface area contributed by atoms with Crippen LogP contribution in [0.25, 0.3) is 10.9 Å². The maximum atomic E-state index is 13.1. The molecule has 0 saturated carbocycles. The number of nitrogens with two attached hydrogens (primary N) is 1. The molecule has 3 atom stereocenters. The molecule has 2 aromatic heterocycles. The number of fused-ring (bicyclic) bond motifs is 1. The number of likely N-dealkylation sites (tertiary alicyclic amines) is 1. The van der Waals surface area contributed by atoms with Crippen molar-refractivity contribution in [2.24, 2.45) is 5.73 Å². The predicted molar refractivity (Wildman–Crippen MR) is 288 cm³/mol. The van der Waals surface area contributed by atoms with E-state index in [2.05, 4.69) is 42.6 Å². The second kappa shape index (κ2) is 33.6. The fraction of sp³-hybridized carbons (Fsp3) is 0.596. The number of carboxylic acid groups (broad SMARTS) is 4. The number of hydrogen-bond donors (Lipinski definition) is 9. The minimum atomic E-state index is -1.22. The summed E-state index contributed by atoms with van der Waals surface area (Å²) in [7, 11) is 0. The second-order valence-electron chi connectivity index (χ2n) is 19.8. The van der Waals surface area contributed by atoms with Crippen LogP contribution in [0.4, 0.5) is 0 Å². The number of pyridine rings is 1. The molecule has 4 heterocycles. The molecule has 10 N–H and O–H groups in total. The fourth-order valence-electron chi connectivity index (χ4n) is 9.37. The Morgan fingerprint density at radius 2 is 1.37 bits per heavy atom. The Morgan fingerprint density at radius 3 is 2.01 bits per heavy atom. The van der Waals surface area contributed by atoms with Crippen LogP contribution in [-0.4, -0.2) is 248 Å². The smallest absolute Gasteiger partial charge is 0.320 e. The van der Waals surface area contributed by atoms with E-state index in [-0.39, 0.29) is 129 Å². The third-order valence-corrected chi connectivity index (χ3v) is 13.7. The maximum absolute atomic E-state index is 13.1. The Morgan fingerprint density at radius 1 is 0.741 bits per heavy atom. The summed E-state index contributed by atoms with van der Waals surface area (Å²) in [5.41, 5.74) is 7.66. The molecule has 0 spiro atoms. The minimum absolute atomic E-state index is 0.0498. The van der Waals surface area contributed by atoms with E-state index in [0.717, 1.165) is 6.42 Å². The first-order valence-electron chi connectivity index (χ1n) is 27.1. The van der Waals surface area contributed by atoms with Crippen LogP contribution in [-0.2, 0) is 51.3 Å². The number of unbranched alkanes of at least 4 members (excludes halogenated alkanes) is 1. The van der Waals surface area contributed by atoms with Crippen LogP contribution in [0, 0.1) is 11.3 Å². The van der Waals surface area contributed by atoms with E-state index < -0.39 is 59.7 Å². The van der Waals surface area contributed by atoms with Crippen molar-refractivity contribution in [3.63, 3.8) is 0 Å². The number of rotatable bonds is 31. The maximum Gasteiger partial charge on any atom is 0.320 e. The zero-order chi connectivity index (χ0) is 58.7. The number of aliphatic carboxylic acids is 4. The van der Waals surface area contributed by atoms with Gasteiger partial charge in [0.05, 0.1) is 61.7 Å². The number of carbonyl (C=O) groups is 9. The molecule has 2 fully saturated rings. The number of carbonyl (C=O) groups excluding carboxylic acids is 5. The Hall–Kier alpha value is -7.91. The van der Waals surface area contributed by atoms with Crippen LogP contribution >= 0.6 is 0 Å². The number of ether oxygens (including phenoxy) is 1. The van der Waals surface area contributed by atoms with Crippen molar-refractivity contribution in [2.75, 3.05) is 111 Å². The number of benzene rings is 1. The molecule has 29 heteroatoms. The fourth-order valence-corrected chi connectivity index (χ4v) is 9.37. The summed E-state index contributed by atoms with van der Waals surface area (Å²) < 4.78 is 7.56. The van der Waals surface area contributed by atoms with E-state index in [1.807, 2.05) is 0 Å². The summed E-state index contributed by atoms with van der Waals surface area (Å²) in [5.74, 6) is -5.85. The van der Waals surface area contributed by atoms with Gasteiger partial charge in [-0.1, -0.05) is 5.21 Å². The number of nitriles is 1. The molecule has 2 unspecified atom stereocenters. The number of nitrogens with zero attached hydrogens (tertiary/aromatic N) is 10. The molecule has 2 saturated heterocycles. The van der Waals surface area contributed by atoms with E-state index in [9.17, 15) is 68.8 Å². The Balaban J connectivity index is 0.932. The summed E-state index contributed by atoms with van der Waals surface area (Å²) in [5, 5.41) is 67.7. The van der Waals surface area contributed by atoms with Crippen molar-refractivity contribution < 1.29 is 68.3 Å². The van der Waals surface area contributed by atoms with Gasteiger partial charge in [-0.3, -0.25) is 72.4 Å². The summed E-state index contributed by atoms with van der Waals surface area (Å²) >= 11 is 0. The lowest BCUT2D eigenvalue weighted by atomic mass is 10.1. The molecule has 5 rings (SSSR count). The summed E-state index contributed by atoms with van der Waals surface area (Å²) in [4.78, 5) is 123. The zero-order valence-corrected chi connectivity index (χ0v) is 45.4. The summed E-state index contributed by atoms with van der Waals surface area (Å²) in [6.07, 6.45) is 7.01. The lowest BCUT2D eigenvalue weighted by molar-refractivity contribution is -0.145. The van der Waals surface area contributed by atoms with Crippen molar-refractivity contribution in [3.8, 4) is 11.8 Å². The van der Waals surface area contributed by atoms with Crippen LogP contribution in [0.2, 0.25) is 0 Å². The lowest BCUT2D eigenvalue weighted by Crippen LogP contribution is -2.52. The predicted octanol–water partition coefficient (Wildman–Crippen LogP) is -1.97. The number of amides is 5. The van der Waals surface area contributed by atoms with Crippen LogP contribution in [0.1, 0.15) is 73.8 Å². The van der Waals surface area contributed by atoms with Gasteiger partial charge in [-0.05, 0) is 69.2 Å². The van der Waals surface area contributed by atoms with Gasteiger partial charge in [0.15, 0.2) is 0 Å². The molecule has 1 aromatic carbocycles. The highest BCUT2D eigenvalue weighted by molar-refractivity contribution is 6.07. The van der Waals surface area contributed by atoms with Gasteiger partial charge in [-0.15, -0.1) is 5.10 Å². The van der Waals surface area contributed by atoms with Crippen LogP contribution in [0.5, 0.6) is 5.75 Å². The number of carboxylic acids is 4. The first kappa shape index (κ1) is 63.9. The Bertz CT molecular complexity index is 2640. The number of hydrogen-bond acceptors (Lipinski definition) is 19. The van der Waals surface area contributed by atoms with Crippen LogP contribution in [0.3, 0.4) is 0 Å². The molecule has 5 amide bonds. The normalized spacial score (nSPS) is 16.7. The summed E-state index contributed by atoms with van der Waals surface area (Å²) in [6, 6.07) is 6.39. The lowest BCUT2D eigenvalue weighted by Gasteiger charge is -2.35. The van der Waals surface area contributed by atoms with Crippen molar-refractivity contribution in [1.82, 2.24) is 65.7 Å². The van der Waals surface area contributed by atoms with E-state index in [1.54, 1.807) is 54.7 Å². The van der Waals surface area contributed by atoms with Gasteiger partial charge in [-0.2, -0.15) is 5.26 Å². The van der Waals surface area contributed by atoms with E-state index in [0.29, 0.717) is 86.1 Å². The van der Waals surface area contributed by atoms with Gasteiger partial charge in [-0.25, -0.2) is 0 Å². The van der Waals surface area contributed by atoms with Crippen molar-refractivity contribution in [2.45, 2.75) is 88.9 Å². The van der Waals surface area contributed by atoms with Crippen LogP contribution < -0.4 is 31.7 Å². The highest BCUT2D eigenvalue weighted by Crippen LogP contribution is 2.23. The Kier molecular flexibility index (Phi) is 26.5. The molecule has 81 heavy (non-hydrogen) atoms. The van der Waals surface area contributed by atoms with Gasteiger partial charge >= 0.3 is 23.9 Å². The largest absolute Gasteiger partial charge is 0.494 e. The molecule has 2 aliphatic heterocycles. The van der Waals surface area contributed by atoms with Gasteiger partial charge in [0.25, 0.3) is 5.91 Å². The quantitative estimate of drug-likeness (QED) is 0.0316. The average Bonchev–Trinajstić information content (AvgIpc) is 4.30. The van der Waals surface area contributed by atoms with Gasteiger partial charge in [0.2, 0.25) is 23.6 Å². The second-order valence-corrected chi connectivity index (χ2v) is 19.8. The monoisotopic (exact) mass is 1130 g/mol. The van der Waals surface area contributed by atoms with Crippen molar-refractivity contribution >= 4 is 64.3 Å². The van der Waals surface area contributed by atoms with E-state index in [4.69, 9.17) is 10.5 Å². The molecule has 29 nitrogen and oxygen atoms in total. The third-order valence-electron chi connectivity index (χ3n) is 13.7. The first-order chi connectivity index (χ1) is 38.9. The number of nitrogens with one attached hydrogen (secondary N) is 4. The van der Waals surface area contributed by atoms with Gasteiger partial charge < -0.3 is 57.1 Å². The SMILES string of the molecule is N#C[C@@H]1CCCN1C(=O)CNC(=O)c1ccnc2ccc(OCCCNC(=O)CCc3cn(CCCCC(N)C(=O)NCCNC(=O)CCC(C(=O)O)N4CCN(CC(=O)O)CCN(CC(=O)O)CCN(CC(=O)O)CC4)nn3)cc12.